The van der Waals surface area contributed by atoms with E-state index in [0.717, 1.165) is 5.39 Å². The van der Waals surface area contributed by atoms with Crippen molar-refractivity contribution in [3.63, 3.8) is 0 Å². The molecule has 0 saturated carbocycles. The Labute approximate surface area is 91.1 Å². The number of pyridine rings is 2. The molecule has 2 aromatic heterocycles. The second-order valence-corrected chi connectivity index (χ2v) is 3.54. The van der Waals surface area contributed by atoms with Crippen LogP contribution in [-0.4, -0.2) is 16.7 Å². The normalized spacial score (nSPS) is 10.6. The topological polar surface area (TPSA) is 44.1 Å². The summed E-state index contributed by atoms with van der Waals surface area (Å²) < 4.78 is 6.48. The molecule has 15 heavy (non-hydrogen) atoms. The molecule has 0 radical (unpaired) electrons. The van der Waals surface area contributed by atoms with Gasteiger partial charge in [0.1, 0.15) is 0 Å². The first-order chi connectivity index (χ1) is 7.13. The minimum absolute atomic E-state index is 0.153. The zero-order chi connectivity index (χ0) is 11.0. The van der Waals surface area contributed by atoms with Crippen LogP contribution in [0.4, 0.5) is 0 Å². The molecule has 0 aliphatic rings. The van der Waals surface area contributed by atoms with Crippen LogP contribution in [0.3, 0.4) is 0 Å². The number of aromatic nitrogens is 2. The Morgan fingerprint density at radius 1 is 1.47 bits per heavy atom. The lowest BCUT2D eigenvalue weighted by atomic mass is 10.2. The van der Waals surface area contributed by atoms with Crippen molar-refractivity contribution in [3.8, 4) is 5.88 Å². The molecular weight excluding hydrogens is 216 g/mol. The maximum absolute atomic E-state index is 11.4. The van der Waals surface area contributed by atoms with Gasteiger partial charge in [-0.2, -0.15) is 0 Å². The predicted octanol–water partition coefficient (Wildman–Crippen LogP) is 1.60. The molecule has 0 spiro atoms. The van der Waals surface area contributed by atoms with Crippen LogP contribution in [0.2, 0.25) is 5.02 Å². The fraction of sp³-hybridized carbons (Fsp3) is 0.200. The van der Waals surface area contributed by atoms with Gasteiger partial charge in [-0.3, -0.25) is 4.79 Å². The average Bonchev–Trinajstić information content (AvgIpc) is 2.25. The number of fused-ring (bicyclic) bond motifs is 1. The smallest absolute Gasteiger partial charge is 0.252 e. The van der Waals surface area contributed by atoms with Gasteiger partial charge in [-0.05, 0) is 0 Å². The van der Waals surface area contributed by atoms with E-state index in [1.165, 1.54) is 17.7 Å². The van der Waals surface area contributed by atoms with Crippen LogP contribution >= 0.6 is 11.6 Å². The molecular formula is C10H9ClN2O2. The van der Waals surface area contributed by atoms with Crippen molar-refractivity contribution in [2.75, 3.05) is 7.11 Å². The molecule has 0 atom stereocenters. The SMILES string of the molecule is COc1cc2c(Cl)cc(=O)n(C)c2cn1. The molecule has 2 rings (SSSR count). The minimum atomic E-state index is -0.153. The van der Waals surface area contributed by atoms with E-state index in [9.17, 15) is 4.79 Å². The van der Waals surface area contributed by atoms with Crippen molar-refractivity contribution in [3.05, 3.63) is 33.7 Å². The lowest BCUT2D eigenvalue weighted by molar-refractivity contribution is 0.398. The summed E-state index contributed by atoms with van der Waals surface area (Å²) in [4.78, 5) is 15.5. The summed E-state index contributed by atoms with van der Waals surface area (Å²) in [6.07, 6.45) is 1.57. The van der Waals surface area contributed by atoms with E-state index in [4.69, 9.17) is 16.3 Å². The van der Waals surface area contributed by atoms with E-state index in [2.05, 4.69) is 4.98 Å². The van der Waals surface area contributed by atoms with E-state index in [1.807, 2.05) is 0 Å². The van der Waals surface area contributed by atoms with Gasteiger partial charge in [0.05, 0.1) is 23.8 Å². The van der Waals surface area contributed by atoms with Gasteiger partial charge in [0.2, 0.25) is 5.88 Å². The third-order valence-corrected chi connectivity index (χ3v) is 2.58. The van der Waals surface area contributed by atoms with Crippen LogP contribution in [0.5, 0.6) is 5.88 Å². The summed E-state index contributed by atoms with van der Waals surface area (Å²) in [6, 6.07) is 3.08. The quantitative estimate of drug-likeness (QED) is 0.739. The van der Waals surface area contributed by atoms with Crippen LogP contribution in [0.15, 0.2) is 23.1 Å². The van der Waals surface area contributed by atoms with Crippen molar-refractivity contribution >= 4 is 22.5 Å². The molecule has 2 aromatic rings. The highest BCUT2D eigenvalue weighted by Crippen LogP contribution is 2.23. The van der Waals surface area contributed by atoms with Crippen molar-refractivity contribution in [2.24, 2.45) is 7.05 Å². The Kier molecular flexibility index (Phi) is 2.36. The van der Waals surface area contributed by atoms with Crippen molar-refractivity contribution in [1.82, 2.24) is 9.55 Å². The molecule has 0 saturated heterocycles. The van der Waals surface area contributed by atoms with E-state index < -0.39 is 0 Å². The maximum atomic E-state index is 11.4. The number of hydrogen-bond donors (Lipinski definition) is 0. The van der Waals surface area contributed by atoms with E-state index >= 15 is 0 Å². The molecule has 0 aliphatic carbocycles. The molecule has 2 heterocycles. The molecule has 0 bridgehead atoms. The van der Waals surface area contributed by atoms with Crippen LogP contribution in [0.1, 0.15) is 0 Å². The van der Waals surface area contributed by atoms with Gasteiger partial charge in [0.15, 0.2) is 0 Å². The second kappa shape index (κ2) is 3.55. The lowest BCUT2D eigenvalue weighted by Gasteiger charge is -2.06. The third-order valence-electron chi connectivity index (χ3n) is 2.27. The third kappa shape index (κ3) is 1.57. The average molecular weight is 225 g/mol. The molecule has 0 aliphatic heterocycles. The number of ether oxygens (including phenoxy) is 1. The fourth-order valence-electron chi connectivity index (χ4n) is 1.40. The molecule has 0 fully saturated rings. The summed E-state index contributed by atoms with van der Waals surface area (Å²) in [5, 5.41) is 1.17. The van der Waals surface area contributed by atoms with Gasteiger partial charge < -0.3 is 9.30 Å². The highest BCUT2D eigenvalue weighted by Gasteiger charge is 2.06. The summed E-state index contributed by atoms with van der Waals surface area (Å²) >= 11 is 5.97. The highest BCUT2D eigenvalue weighted by atomic mass is 35.5. The van der Waals surface area contributed by atoms with E-state index in [-0.39, 0.29) is 5.56 Å². The van der Waals surface area contributed by atoms with Crippen molar-refractivity contribution in [1.29, 1.82) is 0 Å². The van der Waals surface area contributed by atoms with Crippen LogP contribution in [0.25, 0.3) is 10.9 Å². The Bertz CT molecular complexity index is 577. The van der Waals surface area contributed by atoms with E-state index in [1.54, 1.807) is 19.3 Å². The van der Waals surface area contributed by atoms with Gasteiger partial charge >= 0.3 is 0 Å². The van der Waals surface area contributed by atoms with Gasteiger partial charge in [0, 0.05) is 24.6 Å². The molecule has 0 aromatic carbocycles. The molecule has 5 heteroatoms. The largest absolute Gasteiger partial charge is 0.481 e. The zero-order valence-corrected chi connectivity index (χ0v) is 9.08. The number of methoxy groups -OCH3 is 1. The summed E-state index contributed by atoms with van der Waals surface area (Å²) in [7, 11) is 3.21. The van der Waals surface area contributed by atoms with Crippen molar-refractivity contribution < 1.29 is 4.74 Å². The molecule has 0 unspecified atom stereocenters. The van der Waals surface area contributed by atoms with E-state index in [0.29, 0.717) is 16.4 Å². The summed E-state index contributed by atoms with van der Waals surface area (Å²) in [5.41, 5.74) is 0.535. The Balaban J connectivity index is 2.90. The van der Waals surface area contributed by atoms with Gasteiger partial charge in [0.25, 0.3) is 5.56 Å². The Morgan fingerprint density at radius 2 is 2.20 bits per heavy atom. The van der Waals surface area contributed by atoms with Gasteiger partial charge in [-0.25, -0.2) is 4.98 Å². The first kappa shape index (κ1) is 9.98. The Hall–Kier alpha value is -1.55. The van der Waals surface area contributed by atoms with Crippen LogP contribution < -0.4 is 10.3 Å². The standard InChI is InChI=1S/C10H9ClN2O2/c1-13-8-5-12-9(15-2)3-6(8)7(11)4-10(13)14/h3-5H,1-2H3. The number of rotatable bonds is 1. The summed E-state index contributed by atoms with van der Waals surface area (Å²) in [6.45, 7) is 0. The van der Waals surface area contributed by atoms with Crippen LogP contribution in [-0.2, 0) is 7.05 Å². The molecule has 78 valence electrons. The molecule has 0 N–H and O–H groups in total. The molecule has 4 nitrogen and oxygen atoms in total. The predicted molar refractivity (Wildman–Crippen MR) is 58.5 cm³/mol. The number of hydrogen-bond acceptors (Lipinski definition) is 3. The van der Waals surface area contributed by atoms with Gasteiger partial charge in [-0.15, -0.1) is 0 Å². The minimum Gasteiger partial charge on any atom is -0.481 e. The summed E-state index contributed by atoms with van der Waals surface area (Å²) in [5.74, 6) is 0.475. The number of nitrogens with zero attached hydrogens (tertiary/aromatic N) is 2. The zero-order valence-electron chi connectivity index (χ0n) is 8.32. The number of aryl methyl sites for hydroxylation is 1. The Morgan fingerprint density at radius 3 is 2.87 bits per heavy atom. The first-order valence-electron chi connectivity index (χ1n) is 4.33. The molecule has 0 amide bonds. The maximum Gasteiger partial charge on any atom is 0.252 e. The van der Waals surface area contributed by atoms with Crippen LogP contribution in [0, 0.1) is 0 Å². The van der Waals surface area contributed by atoms with Crippen molar-refractivity contribution in [2.45, 2.75) is 0 Å². The highest BCUT2D eigenvalue weighted by molar-refractivity contribution is 6.35. The second-order valence-electron chi connectivity index (χ2n) is 3.13. The first-order valence-corrected chi connectivity index (χ1v) is 4.70. The fourth-order valence-corrected chi connectivity index (χ4v) is 1.65. The monoisotopic (exact) mass is 224 g/mol. The number of halogens is 1. The lowest BCUT2D eigenvalue weighted by Crippen LogP contribution is -2.15. The van der Waals surface area contributed by atoms with Gasteiger partial charge in [-0.1, -0.05) is 11.6 Å².